The van der Waals surface area contributed by atoms with E-state index in [4.69, 9.17) is 14.2 Å². The van der Waals surface area contributed by atoms with Crippen molar-refractivity contribution in [2.45, 2.75) is 0 Å². The number of benzene rings is 2. The van der Waals surface area contributed by atoms with E-state index in [1.54, 1.807) is 21.3 Å². The predicted octanol–water partition coefficient (Wildman–Crippen LogP) is 4.90. The molecule has 0 amide bonds. The van der Waals surface area contributed by atoms with Crippen LogP contribution in [0.25, 0.3) is 11.1 Å². The Morgan fingerprint density at radius 1 is 0.800 bits per heavy atom. The molecule has 5 heteroatoms. The van der Waals surface area contributed by atoms with Crippen LogP contribution in [-0.2, 0) is 0 Å². The summed E-state index contributed by atoms with van der Waals surface area (Å²) in [6.07, 6.45) is 0. The van der Waals surface area contributed by atoms with Crippen LogP contribution < -0.4 is 14.2 Å². The molecule has 0 saturated carbocycles. The first-order chi connectivity index (χ1) is 9.62. The number of hydrogen-bond donors (Lipinski definition) is 0. The van der Waals surface area contributed by atoms with Gasteiger partial charge in [0.2, 0.25) is 0 Å². The van der Waals surface area contributed by atoms with Gasteiger partial charge in [0.15, 0.2) is 0 Å². The average molecular weight is 402 g/mol. The van der Waals surface area contributed by atoms with Crippen molar-refractivity contribution in [3.8, 4) is 28.4 Å². The Morgan fingerprint density at radius 3 is 1.70 bits per heavy atom. The summed E-state index contributed by atoms with van der Waals surface area (Å²) in [4.78, 5) is 0. The highest BCUT2D eigenvalue weighted by Gasteiger charge is 2.16. The Hall–Kier alpha value is -1.20. The molecular weight excluding hydrogens is 388 g/mol. The van der Waals surface area contributed by atoms with Gasteiger partial charge in [0.05, 0.1) is 35.8 Å². The summed E-state index contributed by atoms with van der Waals surface area (Å²) in [5.41, 5.74) is 1.88. The van der Waals surface area contributed by atoms with Gasteiger partial charge in [-0.25, -0.2) is 0 Å². The maximum Gasteiger partial charge on any atom is 0.147 e. The van der Waals surface area contributed by atoms with E-state index in [9.17, 15) is 0 Å². The molecule has 20 heavy (non-hydrogen) atoms. The first-order valence-corrected chi connectivity index (χ1v) is 7.45. The second-order valence-electron chi connectivity index (χ2n) is 4.01. The Labute approximate surface area is 135 Å². The summed E-state index contributed by atoms with van der Waals surface area (Å²) in [5.74, 6) is 2.27. The standard InChI is InChI=1S/C15H14Br2O3/c1-18-12-5-4-6-13(19-2)14(12)9-7-10(16)15(20-3)11(17)8-9/h4-8H,1-3H3. The SMILES string of the molecule is COc1cccc(OC)c1-c1cc(Br)c(OC)c(Br)c1. The summed E-state index contributed by atoms with van der Waals surface area (Å²) in [7, 11) is 4.92. The minimum Gasteiger partial charge on any atom is -0.496 e. The van der Waals surface area contributed by atoms with Gasteiger partial charge in [0.1, 0.15) is 17.2 Å². The third-order valence-corrected chi connectivity index (χ3v) is 4.10. The van der Waals surface area contributed by atoms with E-state index >= 15 is 0 Å². The number of methoxy groups -OCH3 is 3. The van der Waals surface area contributed by atoms with Crippen LogP contribution in [-0.4, -0.2) is 21.3 Å². The van der Waals surface area contributed by atoms with Crippen LogP contribution in [0.2, 0.25) is 0 Å². The van der Waals surface area contributed by atoms with Crippen LogP contribution in [0.3, 0.4) is 0 Å². The molecule has 0 aliphatic heterocycles. The van der Waals surface area contributed by atoms with Crippen molar-refractivity contribution >= 4 is 31.9 Å². The lowest BCUT2D eigenvalue weighted by atomic mass is 10.0. The lowest BCUT2D eigenvalue weighted by molar-refractivity contribution is 0.397. The van der Waals surface area contributed by atoms with E-state index < -0.39 is 0 Å². The molecule has 106 valence electrons. The lowest BCUT2D eigenvalue weighted by Crippen LogP contribution is -1.94. The maximum atomic E-state index is 5.44. The number of rotatable bonds is 4. The van der Waals surface area contributed by atoms with Crippen molar-refractivity contribution < 1.29 is 14.2 Å². The molecule has 0 saturated heterocycles. The fourth-order valence-electron chi connectivity index (χ4n) is 2.03. The topological polar surface area (TPSA) is 27.7 Å². The van der Waals surface area contributed by atoms with Gasteiger partial charge in [0, 0.05) is 0 Å². The van der Waals surface area contributed by atoms with E-state index in [1.165, 1.54) is 0 Å². The summed E-state index contributed by atoms with van der Waals surface area (Å²) < 4.78 is 17.9. The fraction of sp³-hybridized carbons (Fsp3) is 0.200. The minimum absolute atomic E-state index is 0.752. The third kappa shape index (κ3) is 2.79. The quantitative estimate of drug-likeness (QED) is 0.728. The van der Waals surface area contributed by atoms with E-state index in [0.29, 0.717) is 0 Å². The van der Waals surface area contributed by atoms with Gasteiger partial charge in [0.25, 0.3) is 0 Å². The van der Waals surface area contributed by atoms with Gasteiger partial charge in [-0.1, -0.05) is 6.07 Å². The Balaban J connectivity index is 2.68. The van der Waals surface area contributed by atoms with Gasteiger partial charge in [-0.3, -0.25) is 0 Å². The van der Waals surface area contributed by atoms with Crippen LogP contribution in [0.15, 0.2) is 39.3 Å². The summed E-state index contributed by atoms with van der Waals surface area (Å²) in [5, 5.41) is 0. The first kappa shape index (κ1) is 15.2. The maximum absolute atomic E-state index is 5.44. The number of ether oxygens (including phenoxy) is 3. The van der Waals surface area contributed by atoms with Crippen molar-refractivity contribution in [1.29, 1.82) is 0 Å². The van der Waals surface area contributed by atoms with Crippen molar-refractivity contribution in [3.63, 3.8) is 0 Å². The highest BCUT2D eigenvalue weighted by molar-refractivity contribution is 9.11. The molecule has 0 N–H and O–H groups in total. The largest absolute Gasteiger partial charge is 0.496 e. The van der Waals surface area contributed by atoms with Crippen molar-refractivity contribution in [2.24, 2.45) is 0 Å². The smallest absolute Gasteiger partial charge is 0.147 e. The van der Waals surface area contributed by atoms with E-state index in [0.717, 1.165) is 37.3 Å². The van der Waals surface area contributed by atoms with Crippen LogP contribution in [0.4, 0.5) is 0 Å². The second-order valence-corrected chi connectivity index (χ2v) is 5.72. The monoisotopic (exact) mass is 400 g/mol. The number of halogens is 2. The molecule has 0 aromatic heterocycles. The second kappa shape index (κ2) is 6.50. The summed E-state index contributed by atoms with van der Waals surface area (Å²) in [6.45, 7) is 0. The molecule has 0 aliphatic rings. The zero-order valence-electron chi connectivity index (χ0n) is 11.4. The third-order valence-electron chi connectivity index (χ3n) is 2.92. The molecule has 0 aliphatic carbocycles. The molecule has 2 aromatic carbocycles. The molecule has 2 aromatic rings. The molecule has 3 nitrogen and oxygen atoms in total. The van der Waals surface area contributed by atoms with Gasteiger partial charge in [-0.2, -0.15) is 0 Å². The van der Waals surface area contributed by atoms with Gasteiger partial charge < -0.3 is 14.2 Å². The summed E-state index contributed by atoms with van der Waals surface area (Å²) in [6, 6.07) is 9.66. The molecule has 0 unspecified atom stereocenters. The Kier molecular flexibility index (Phi) is 4.94. The Morgan fingerprint density at radius 2 is 1.30 bits per heavy atom. The van der Waals surface area contributed by atoms with Gasteiger partial charge in [-0.15, -0.1) is 0 Å². The predicted molar refractivity (Wildman–Crippen MR) is 86.9 cm³/mol. The van der Waals surface area contributed by atoms with Crippen LogP contribution in [0, 0.1) is 0 Å². The molecule has 0 bridgehead atoms. The fourth-order valence-corrected chi connectivity index (χ4v) is 3.55. The molecule has 0 fully saturated rings. The van der Waals surface area contributed by atoms with E-state index in [-0.39, 0.29) is 0 Å². The minimum atomic E-state index is 0.752. The van der Waals surface area contributed by atoms with Crippen LogP contribution in [0.5, 0.6) is 17.2 Å². The normalized spacial score (nSPS) is 10.2. The molecule has 0 atom stereocenters. The van der Waals surface area contributed by atoms with Crippen molar-refractivity contribution in [1.82, 2.24) is 0 Å². The highest BCUT2D eigenvalue weighted by atomic mass is 79.9. The molecule has 2 rings (SSSR count). The zero-order valence-corrected chi connectivity index (χ0v) is 14.5. The first-order valence-electron chi connectivity index (χ1n) is 5.86. The Bertz CT molecular complexity index is 581. The van der Waals surface area contributed by atoms with E-state index in [2.05, 4.69) is 31.9 Å². The van der Waals surface area contributed by atoms with Crippen molar-refractivity contribution in [3.05, 3.63) is 39.3 Å². The average Bonchev–Trinajstić information content (AvgIpc) is 2.45. The van der Waals surface area contributed by atoms with E-state index in [1.807, 2.05) is 30.3 Å². The zero-order chi connectivity index (χ0) is 14.7. The molecular formula is C15H14Br2O3. The highest BCUT2D eigenvalue weighted by Crippen LogP contribution is 2.43. The molecule has 0 spiro atoms. The molecule has 0 radical (unpaired) electrons. The number of hydrogen-bond acceptors (Lipinski definition) is 3. The van der Waals surface area contributed by atoms with Crippen molar-refractivity contribution in [2.75, 3.05) is 21.3 Å². The van der Waals surface area contributed by atoms with Crippen LogP contribution >= 0.6 is 31.9 Å². The summed E-state index contributed by atoms with van der Waals surface area (Å²) >= 11 is 7.02. The lowest BCUT2D eigenvalue weighted by Gasteiger charge is -2.15. The van der Waals surface area contributed by atoms with Crippen LogP contribution in [0.1, 0.15) is 0 Å². The van der Waals surface area contributed by atoms with Gasteiger partial charge in [-0.05, 0) is 61.7 Å². The molecule has 0 heterocycles. The van der Waals surface area contributed by atoms with Gasteiger partial charge >= 0.3 is 0 Å².